The molecular formula is C27H38N2O6. The topological polar surface area (TPSA) is 99.5 Å². The zero-order chi connectivity index (χ0) is 25.7. The zero-order valence-corrected chi connectivity index (χ0v) is 21.7. The largest absolute Gasteiger partial charge is 0.504 e. The number of esters is 1. The lowest BCUT2D eigenvalue weighted by molar-refractivity contribution is -0.156. The van der Waals surface area contributed by atoms with E-state index >= 15 is 0 Å². The first-order valence-corrected chi connectivity index (χ1v) is 12.4. The summed E-state index contributed by atoms with van der Waals surface area (Å²) < 4.78 is 11.3. The molecule has 4 rings (SSSR count). The molecule has 0 amide bonds. The number of rotatable bonds is 7. The minimum atomic E-state index is -0.998. The van der Waals surface area contributed by atoms with Gasteiger partial charge in [0, 0.05) is 49.9 Å². The van der Waals surface area contributed by atoms with Crippen molar-refractivity contribution >= 4 is 11.8 Å². The predicted octanol–water partition coefficient (Wildman–Crippen LogP) is 2.29. The third-order valence-electron chi connectivity index (χ3n) is 8.45. The van der Waals surface area contributed by atoms with Crippen LogP contribution < -0.4 is 0 Å². The molecule has 0 aromatic heterocycles. The maximum atomic E-state index is 13.7. The summed E-state index contributed by atoms with van der Waals surface area (Å²) in [5.41, 5.74) is 0.137. The monoisotopic (exact) mass is 486 g/mol. The van der Waals surface area contributed by atoms with E-state index in [4.69, 9.17) is 9.47 Å². The van der Waals surface area contributed by atoms with Crippen molar-refractivity contribution in [3.05, 3.63) is 40.7 Å². The smallest absolute Gasteiger partial charge is 0.340 e. The minimum absolute atomic E-state index is 0.113. The van der Waals surface area contributed by atoms with Crippen LogP contribution in [-0.2, 0) is 19.1 Å². The van der Waals surface area contributed by atoms with E-state index in [9.17, 15) is 19.8 Å². The summed E-state index contributed by atoms with van der Waals surface area (Å²) in [5.74, 6) is -1.66. The first-order chi connectivity index (χ1) is 16.5. The third-order valence-corrected chi connectivity index (χ3v) is 8.45. The van der Waals surface area contributed by atoms with Gasteiger partial charge in [0.1, 0.15) is 6.10 Å². The quantitative estimate of drug-likeness (QED) is 0.418. The highest BCUT2D eigenvalue weighted by Gasteiger charge is 2.61. The van der Waals surface area contributed by atoms with Gasteiger partial charge in [-0.1, -0.05) is 6.92 Å². The van der Waals surface area contributed by atoms with Gasteiger partial charge in [-0.15, -0.1) is 0 Å². The lowest BCUT2D eigenvalue weighted by Gasteiger charge is -2.51. The average Bonchev–Trinajstić information content (AvgIpc) is 3.09. The van der Waals surface area contributed by atoms with Gasteiger partial charge in [0.2, 0.25) is 5.78 Å². The number of hydrogen-bond donors (Lipinski definition) is 2. The number of methoxy groups -OCH3 is 1. The number of carbonyl (C=O) groups excluding carboxylic acids is 2. The van der Waals surface area contributed by atoms with Crippen LogP contribution in [0.15, 0.2) is 34.3 Å². The third kappa shape index (κ3) is 4.03. The number of Topliss-reactive ketones (excluding diaryl/α,β-unsaturated/α-hetero) is 1. The van der Waals surface area contributed by atoms with Crippen molar-refractivity contribution in [3.63, 3.8) is 0 Å². The summed E-state index contributed by atoms with van der Waals surface area (Å²) in [5, 5.41) is 22.1. The van der Waals surface area contributed by atoms with Crippen LogP contribution in [0.4, 0.5) is 0 Å². The van der Waals surface area contributed by atoms with Gasteiger partial charge in [-0.2, -0.15) is 0 Å². The summed E-state index contributed by atoms with van der Waals surface area (Å²) in [6, 6.07) is 0. The van der Waals surface area contributed by atoms with E-state index in [1.54, 1.807) is 6.20 Å². The van der Waals surface area contributed by atoms with Crippen molar-refractivity contribution in [1.29, 1.82) is 0 Å². The number of nitrogens with zero attached hydrogens (tertiary/aromatic N) is 2. The Kier molecular flexibility index (Phi) is 6.94. The van der Waals surface area contributed by atoms with E-state index in [-0.39, 0.29) is 23.7 Å². The van der Waals surface area contributed by atoms with Gasteiger partial charge in [-0.25, -0.2) is 4.79 Å². The second kappa shape index (κ2) is 9.37. The molecule has 35 heavy (non-hydrogen) atoms. The molecule has 8 nitrogen and oxygen atoms in total. The molecule has 3 aliphatic carbocycles. The summed E-state index contributed by atoms with van der Waals surface area (Å²) >= 11 is 0. The van der Waals surface area contributed by atoms with Crippen molar-refractivity contribution in [2.75, 3.05) is 47.9 Å². The van der Waals surface area contributed by atoms with E-state index in [1.807, 2.05) is 39.9 Å². The molecule has 1 saturated carbocycles. The van der Waals surface area contributed by atoms with Crippen molar-refractivity contribution in [3.8, 4) is 0 Å². The normalized spacial score (nSPS) is 35.9. The molecule has 4 aliphatic rings. The number of aliphatic hydroxyl groups is 2. The predicted molar refractivity (Wildman–Crippen MR) is 130 cm³/mol. The number of carbonyl (C=O) groups is 2. The van der Waals surface area contributed by atoms with Gasteiger partial charge in [0.25, 0.3) is 0 Å². The van der Waals surface area contributed by atoms with Crippen LogP contribution in [-0.4, -0.2) is 91.9 Å². The van der Waals surface area contributed by atoms with Crippen molar-refractivity contribution in [1.82, 2.24) is 9.80 Å². The molecule has 2 N–H and O–H groups in total. The molecule has 8 heteroatoms. The van der Waals surface area contributed by atoms with Crippen LogP contribution >= 0.6 is 0 Å². The molecule has 2 radical (unpaired) electrons. The van der Waals surface area contributed by atoms with Crippen LogP contribution in [0, 0.1) is 23.2 Å². The maximum Gasteiger partial charge on any atom is 0.340 e. The maximum absolute atomic E-state index is 13.7. The van der Waals surface area contributed by atoms with Crippen LogP contribution in [0.25, 0.3) is 0 Å². The van der Waals surface area contributed by atoms with E-state index in [0.29, 0.717) is 37.0 Å². The number of fused-ring (bicyclic) bond motifs is 4. The first-order valence-electron chi connectivity index (χ1n) is 12.4. The molecule has 0 spiro atoms. The van der Waals surface area contributed by atoms with Gasteiger partial charge in [-0.3, -0.25) is 4.79 Å². The summed E-state index contributed by atoms with van der Waals surface area (Å²) in [6.07, 6.45) is 6.49. The van der Waals surface area contributed by atoms with Gasteiger partial charge < -0.3 is 29.5 Å². The number of ether oxygens (including phenoxy) is 2. The Balaban J connectivity index is 1.81. The minimum Gasteiger partial charge on any atom is -0.504 e. The van der Waals surface area contributed by atoms with Crippen molar-refractivity contribution < 1.29 is 29.3 Å². The fourth-order valence-electron chi connectivity index (χ4n) is 6.36. The first kappa shape index (κ1) is 25.9. The molecule has 192 valence electrons. The highest BCUT2D eigenvalue weighted by molar-refractivity contribution is 6.13. The second-order valence-electron chi connectivity index (χ2n) is 11.1. The van der Waals surface area contributed by atoms with Gasteiger partial charge in [-0.05, 0) is 64.7 Å². The zero-order valence-electron chi connectivity index (χ0n) is 21.7. The lowest BCUT2D eigenvalue weighted by atomic mass is 9.54. The van der Waals surface area contributed by atoms with E-state index in [1.165, 1.54) is 7.11 Å². The summed E-state index contributed by atoms with van der Waals surface area (Å²) in [6.45, 7) is 5.59. The SMILES string of the molecule is COC[C@H]1OC(=O)/C(=C/N(C)CCCN(C)C)C2=C(O)C(=O)C3=C([C]C[C@@]4(C)C3CC[C@@H]4O)[C@]21C. The standard InChI is InChI=1S/C27H38N2O6/c1-26-11-10-18-21(17(26)8-9-19(26)30)23(31)24(32)22-16(14-29(5)13-7-12-28(3)4)25(33)35-20(15-34-6)27(18,22)2/h14,17,19-20,30,32H,7-9,11-13,15H2,1-6H3/b16-14+/t17?,19-,20+,26-,27-/m0/s1. The summed E-state index contributed by atoms with van der Waals surface area (Å²) in [7, 11) is 7.41. The molecule has 1 aliphatic heterocycles. The molecule has 0 aromatic rings. The van der Waals surface area contributed by atoms with Crippen LogP contribution in [0.3, 0.4) is 0 Å². The fraction of sp³-hybridized carbons (Fsp3) is 0.667. The number of ketones is 1. The van der Waals surface area contributed by atoms with Crippen LogP contribution in [0.5, 0.6) is 0 Å². The van der Waals surface area contributed by atoms with Crippen molar-refractivity contribution in [2.24, 2.45) is 16.7 Å². The van der Waals surface area contributed by atoms with Gasteiger partial charge in [0.05, 0.1) is 23.7 Å². The van der Waals surface area contributed by atoms with Crippen LogP contribution in [0.1, 0.15) is 39.5 Å². The Labute approximate surface area is 208 Å². The number of cyclic esters (lactones) is 1. The molecule has 1 saturated heterocycles. The molecule has 1 unspecified atom stereocenters. The highest BCUT2D eigenvalue weighted by atomic mass is 16.6. The molecule has 0 aromatic carbocycles. The van der Waals surface area contributed by atoms with E-state index in [0.717, 1.165) is 13.0 Å². The second-order valence-corrected chi connectivity index (χ2v) is 11.1. The Hall–Kier alpha value is -2.16. The average molecular weight is 487 g/mol. The van der Waals surface area contributed by atoms with E-state index in [2.05, 4.69) is 11.3 Å². The lowest BCUT2D eigenvalue weighted by Crippen LogP contribution is -2.53. The number of hydrogen-bond acceptors (Lipinski definition) is 8. The van der Waals surface area contributed by atoms with Gasteiger partial charge >= 0.3 is 5.97 Å². The Morgan fingerprint density at radius 2 is 1.91 bits per heavy atom. The molecule has 1 heterocycles. The Bertz CT molecular complexity index is 998. The van der Waals surface area contributed by atoms with Crippen molar-refractivity contribution in [2.45, 2.75) is 51.7 Å². The Morgan fingerprint density at radius 3 is 2.57 bits per heavy atom. The van der Waals surface area contributed by atoms with E-state index < -0.39 is 40.5 Å². The summed E-state index contributed by atoms with van der Waals surface area (Å²) in [4.78, 5) is 30.8. The van der Waals surface area contributed by atoms with Crippen LogP contribution in [0.2, 0.25) is 0 Å². The highest BCUT2D eigenvalue weighted by Crippen LogP contribution is 2.62. The fourth-order valence-corrected chi connectivity index (χ4v) is 6.36. The van der Waals surface area contributed by atoms with Gasteiger partial charge in [0.15, 0.2) is 5.76 Å². The number of allylic oxidation sites excluding steroid dienone is 1. The number of aliphatic hydroxyl groups excluding tert-OH is 2. The Morgan fingerprint density at radius 1 is 1.20 bits per heavy atom. The molecule has 0 bridgehead atoms. The molecule has 2 fully saturated rings. The molecular weight excluding hydrogens is 448 g/mol. The molecule has 5 atom stereocenters.